The van der Waals surface area contributed by atoms with Crippen LogP contribution in [0.15, 0.2) is 0 Å². The fourth-order valence-corrected chi connectivity index (χ4v) is 3.68. The summed E-state index contributed by atoms with van der Waals surface area (Å²) >= 11 is 0. The molecule has 0 amide bonds. The summed E-state index contributed by atoms with van der Waals surface area (Å²) in [5.41, 5.74) is 0. The van der Waals surface area contributed by atoms with E-state index >= 15 is 0 Å². The molecule has 41 heavy (non-hydrogen) atoms. The zero-order valence-corrected chi connectivity index (χ0v) is 25.5. The van der Waals surface area contributed by atoms with Crippen molar-refractivity contribution in [3.63, 3.8) is 0 Å². The predicted molar refractivity (Wildman–Crippen MR) is 153 cm³/mol. The number of hydrogen-bond acceptors (Lipinski definition) is 12. The van der Waals surface area contributed by atoms with E-state index in [0.29, 0.717) is 125 Å². The number of rotatable bonds is 32. The molecule has 1 aliphatic heterocycles. The molecule has 0 bridgehead atoms. The molecule has 1 fully saturated rings. The number of nitrogens with one attached hydrogen (secondary N) is 1. The van der Waals surface area contributed by atoms with Crippen molar-refractivity contribution in [2.45, 2.75) is 51.6 Å². The van der Waals surface area contributed by atoms with E-state index in [1.807, 2.05) is 0 Å². The predicted octanol–water partition coefficient (Wildman–Crippen LogP) is 2.01. The molecule has 0 atom stereocenters. The van der Waals surface area contributed by atoms with E-state index in [1.165, 1.54) is 0 Å². The third-order valence-corrected chi connectivity index (χ3v) is 5.95. The van der Waals surface area contributed by atoms with E-state index in [2.05, 4.69) is 12.2 Å². The first kappa shape index (κ1) is 38.1. The number of carbonyl (C=O) groups excluding carboxylic acids is 1. The number of piperidine rings is 1. The average Bonchev–Trinajstić information content (AvgIpc) is 2.99. The Morgan fingerprint density at radius 2 is 0.902 bits per heavy atom. The fourth-order valence-electron chi connectivity index (χ4n) is 3.68. The zero-order valence-electron chi connectivity index (χ0n) is 25.5. The zero-order chi connectivity index (χ0) is 29.3. The van der Waals surface area contributed by atoms with Gasteiger partial charge in [0.15, 0.2) is 0 Å². The highest BCUT2D eigenvalue weighted by Crippen LogP contribution is 2.06. The molecule has 12 heteroatoms. The van der Waals surface area contributed by atoms with Gasteiger partial charge in [0.1, 0.15) is 6.61 Å². The summed E-state index contributed by atoms with van der Waals surface area (Å²) in [7, 11) is 0. The Balaban J connectivity index is 1.62. The molecular formula is C29H57NO11. The molecule has 0 radical (unpaired) electrons. The van der Waals surface area contributed by atoms with Crippen molar-refractivity contribution >= 4 is 5.97 Å². The maximum atomic E-state index is 11.4. The maximum Gasteiger partial charge on any atom is 0.305 e. The second-order valence-electron chi connectivity index (χ2n) is 9.40. The molecule has 1 saturated heterocycles. The maximum absolute atomic E-state index is 11.4. The van der Waals surface area contributed by atoms with Gasteiger partial charge in [-0.1, -0.05) is 19.8 Å². The van der Waals surface area contributed by atoms with Gasteiger partial charge in [0.05, 0.1) is 118 Å². The normalized spacial score (nSPS) is 14.1. The van der Waals surface area contributed by atoms with Crippen LogP contribution >= 0.6 is 0 Å². The molecule has 0 aromatic carbocycles. The van der Waals surface area contributed by atoms with E-state index in [1.54, 1.807) is 0 Å². The molecule has 0 aromatic heterocycles. The van der Waals surface area contributed by atoms with Crippen molar-refractivity contribution < 1.29 is 52.2 Å². The monoisotopic (exact) mass is 595 g/mol. The van der Waals surface area contributed by atoms with Gasteiger partial charge in [-0.3, -0.25) is 4.79 Å². The molecular weight excluding hydrogens is 538 g/mol. The van der Waals surface area contributed by atoms with Gasteiger partial charge >= 0.3 is 5.97 Å². The SMILES string of the molecule is CCCCCC(=O)OCCOCCOCCOCCOCCOCCOCCOCCOCCOC1CCNCC1. The first-order chi connectivity index (χ1) is 20.3. The molecule has 1 aliphatic rings. The Labute approximate surface area is 247 Å². The molecule has 244 valence electrons. The summed E-state index contributed by atoms with van der Waals surface area (Å²) in [6.07, 6.45) is 6.04. The van der Waals surface area contributed by atoms with Crippen molar-refractivity contribution in [3.8, 4) is 0 Å². The lowest BCUT2D eigenvalue weighted by Gasteiger charge is -2.22. The summed E-state index contributed by atoms with van der Waals surface area (Å²) in [6, 6.07) is 0. The van der Waals surface area contributed by atoms with E-state index in [0.717, 1.165) is 45.2 Å². The lowest BCUT2D eigenvalue weighted by atomic mass is 10.1. The Hall–Kier alpha value is -0.930. The molecule has 0 spiro atoms. The lowest BCUT2D eigenvalue weighted by Crippen LogP contribution is -2.33. The van der Waals surface area contributed by atoms with Gasteiger partial charge in [-0.2, -0.15) is 0 Å². The molecule has 0 aliphatic carbocycles. The van der Waals surface area contributed by atoms with E-state index in [9.17, 15) is 4.79 Å². The molecule has 1 rings (SSSR count). The fraction of sp³-hybridized carbons (Fsp3) is 0.966. The van der Waals surface area contributed by atoms with Gasteiger partial charge in [-0.15, -0.1) is 0 Å². The Kier molecular flexibility index (Phi) is 29.7. The van der Waals surface area contributed by atoms with Gasteiger partial charge in [0.2, 0.25) is 0 Å². The first-order valence-corrected chi connectivity index (χ1v) is 15.4. The van der Waals surface area contributed by atoms with Gasteiger partial charge in [0.25, 0.3) is 0 Å². The summed E-state index contributed by atoms with van der Waals surface area (Å²) in [6.45, 7) is 13.3. The number of ether oxygens (including phenoxy) is 10. The largest absolute Gasteiger partial charge is 0.463 e. The van der Waals surface area contributed by atoms with Crippen LogP contribution in [-0.4, -0.2) is 144 Å². The molecule has 0 saturated carbocycles. The van der Waals surface area contributed by atoms with Crippen LogP contribution in [-0.2, 0) is 52.2 Å². The van der Waals surface area contributed by atoms with E-state index in [4.69, 9.17) is 47.4 Å². The minimum absolute atomic E-state index is 0.156. The third-order valence-electron chi connectivity index (χ3n) is 5.95. The van der Waals surface area contributed by atoms with Crippen LogP contribution in [0.3, 0.4) is 0 Å². The minimum atomic E-state index is -0.156. The Morgan fingerprint density at radius 1 is 0.537 bits per heavy atom. The van der Waals surface area contributed by atoms with Gasteiger partial charge in [0, 0.05) is 6.42 Å². The minimum Gasteiger partial charge on any atom is -0.463 e. The van der Waals surface area contributed by atoms with Crippen molar-refractivity contribution in [2.24, 2.45) is 0 Å². The van der Waals surface area contributed by atoms with Crippen molar-refractivity contribution in [1.82, 2.24) is 5.32 Å². The summed E-state index contributed by atoms with van der Waals surface area (Å²) in [5, 5.41) is 3.33. The third kappa shape index (κ3) is 28.9. The molecule has 12 nitrogen and oxygen atoms in total. The highest BCUT2D eigenvalue weighted by molar-refractivity contribution is 5.69. The number of unbranched alkanes of at least 4 members (excludes halogenated alkanes) is 2. The van der Waals surface area contributed by atoms with Crippen LogP contribution in [0.5, 0.6) is 0 Å². The van der Waals surface area contributed by atoms with Crippen LogP contribution in [0.1, 0.15) is 45.4 Å². The summed E-state index contributed by atoms with van der Waals surface area (Å²) < 4.78 is 54.6. The van der Waals surface area contributed by atoms with Crippen molar-refractivity contribution in [3.05, 3.63) is 0 Å². The second-order valence-corrected chi connectivity index (χ2v) is 9.40. The van der Waals surface area contributed by atoms with Gasteiger partial charge in [-0.25, -0.2) is 0 Å². The molecule has 1 N–H and O–H groups in total. The quantitative estimate of drug-likeness (QED) is 0.0905. The van der Waals surface area contributed by atoms with Crippen molar-refractivity contribution in [1.29, 1.82) is 0 Å². The first-order valence-electron chi connectivity index (χ1n) is 15.4. The Bertz CT molecular complexity index is 539. The van der Waals surface area contributed by atoms with Gasteiger partial charge in [-0.05, 0) is 32.4 Å². The number of esters is 1. The Morgan fingerprint density at radius 3 is 1.29 bits per heavy atom. The molecule has 1 heterocycles. The molecule has 0 unspecified atom stereocenters. The van der Waals surface area contributed by atoms with E-state index in [-0.39, 0.29) is 12.6 Å². The lowest BCUT2D eigenvalue weighted by molar-refractivity contribution is -0.145. The van der Waals surface area contributed by atoms with Crippen LogP contribution in [0, 0.1) is 0 Å². The number of hydrogen-bond donors (Lipinski definition) is 1. The average molecular weight is 596 g/mol. The van der Waals surface area contributed by atoms with Crippen LogP contribution in [0.2, 0.25) is 0 Å². The smallest absolute Gasteiger partial charge is 0.305 e. The van der Waals surface area contributed by atoms with Crippen LogP contribution < -0.4 is 5.32 Å². The topological polar surface area (TPSA) is 121 Å². The van der Waals surface area contributed by atoms with Gasteiger partial charge < -0.3 is 52.7 Å². The van der Waals surface area contributed by atoms with Crippen LogP contribution in [0.4, 0.5) is 0 Å². The van der Waals surface area contributed by atoms with Crippen LogP contribution in [0.25, 0.3) is 0 Å². The number of carbonyl (C=O) groups is 1. The highest BCUT2D eigenvalue weighted by atomic mass is 16.6. The summed E-state index contributed by atoms with van der Waals surface area (Å²) in [4.78, 5) is 11.4. The standard InChI is InChI=1S/C29H57NO11/c1-2-3-4-5-29(31)41-27-25-39-23-21-37-19-17-35-15-13-33-11-10-32-12-14-34-16-18-36-20-22-38-24-26-40-28-6-8-30-9-7-28/h28,30H,2-27H2,1H3. The van der Waals surface area contributed by atoms with Crippen molar-refractivity contribution in [2.75, 3.05) is 132 Å². The summed E-state index contributed by atoms with van der Waals surface area (Å²) in [5.74, 6) is -0.156. The second kappa shape index (κ2) is 32.0. The highest BCUT2D eigenvalue weighted by Gasteiger charge is 2.12. The van der Waals surface area contributed by atoms with E-state index < -0.39 is 0 Å². The molecule has 0 aromatic rings.